The van der Waals surface area contributed by atoms with Crippen LogP contribution in [0.4, 0.5) is 5.13 Å². The second-order valence-electron chi connectivity index (χ2n) is 7.35. The van der Waals surface area contributed by atoms with Gasteiger partial charge in [0, 0.05) is 24.6 Å². The number of carbonyl (C=O) groups is 1. The van der Waals surface area contributed by atoms with Crippen LogP contribution >= 0.6 is 11.3 Å². The number of nitrogens with one attached hydrogen (secondary N) is 1. The third-order valence-electron chi connectivity index (χ3n) is 5.23. The van der Waals surface area contributed by atoms with Crippen LogP contribution in [0.1, 0.15) is 12.8 Å². The van der Waals surface area contributed by atoms with E-state index in [1.54, 1.807) is 0 Å². The van der Waals surface area contributed by atoms with Gasteiger partial charge in [-0.3, -0.25) is 4.79 Å². The lowest BCUT2D eigenvalue weighted by Gasteiger charge is -2.29. The maximum Gasteiger partial charge on any atom is 0.229 e. The maximum absolute atomic E-state index is 12.8. The number of benzene rings is 2. The predicted octanol–water partition coefficient (Wildman–Crippen LogP) is 4.09. The van der Waals surface area contributed by atoms with Crippen LogP contribution < -0.4 is 5.32 Å². The van der Waals surface area contributed by atoms with Crippen molar-refractivity contribution >= 4 is 32.4 Å². The van der Waals surface area contributed by atoms with Crippen molar-refractivity contribution in [1.29, 1.82) is 0 Å². The van der Waals surface area contributed by atoms with E-state index in [1.807, 2.05) is 60.7 Å². The Hall–Kier alpha value is -2.55. The van der Waals surface area contributed by atoms with Crippen LogP contribution in [0.5, 0.6) is 0 Å². The fraction of sp³-hybridized carbons (Fsp3) is 0.273. The Kier molecular flexibility index (Phi) is 5.99. The smallest absolute Gasteiger partial charge is 0.229 e. The van der Waals surface area contributed by atoms with E-state index in [9.17, 15) is 13.2 Å². The zero-order chi connectivity index (χ0) is 21.1. The van der Waals surface area contributed by atoms with E-state index in [-0.39, 0.29) is 11.8 Å². The minimum absolute atomic E-state index is 0.101. The summed E-state index contributed by atoms with van der Waals surface area (Å²) in [6, 6.07) is 19.9. The number of aromatic nitrogens is 1. The molecule has 8 heteroatoms. The number of carbonyl (C=O) groups excluding carboxylic acids is 1. The molecule has 0 saturated carbocycles. The van der Waals surface area contributed by atoms with Gasteiger partial charge in [0.2, 0.25) is 15.9 Å². The van der Waals surface area contributed by atoms with Crippen LogP contribution in [0.2, 0.25) is 0 Å². The minimum Gasteiger partial charge on any atom is -0.302 e. The van der Waals surface area contributed by atoms with Gasteiger partial charge in [0.25, 0.3) is 0 Å². The van der Waals surface area contributed by atoms with Crippen molar-refractivity contribution in [2.45, 2.75) is 12.8 Å². The van der Waals surface area contributed by atoms with Crippen molar-refractivity contribution in [3.05, 3.63) is 60.7 Å². The molecule has 1 N–H and O–H groups in total. The third-order valence-corrected chi connectivity index (χ3v) is 7.56. The largest absolute Gasteiger partial charge is 0.302 e. The van der Waals surface area contributed by atoms with Crippen LogP contribution in [0.25, 0.3) is 21.7 Å². The molecule has 0 radical (unpaired) electrons. The van der Waals surface area contributed by atoms with Crippen LogP contribution in [0.3, 0.4) is 0 Å². The highest BCUT2D eigenvalue weighted by molar-refractivity contribution is 7.88. The molecule has 1 aliphatic rings. The van der Waals surface area contributed by atoms with Gasteiger partial charge in [0.05, 0.1) is 16.8 Å². The van der Waals surface area contributed by atoms with Crippen molar-refractivity contribution in [3.8, 4) is 21.7 Å². The molecule has 3 aromatic rings. The lowest BCUT2D eigenvalue weighted by Crippen LogP contribution is -2.40. The summed E-state index contributed by atoms with van der Waals surface area (Å²) in [5.74, 6) is -0.316. The Morgan fingerprint density at radius 1 is 1.00 bits per heavy atom. The van der Waals surface area contributed by atoms with Gasteiger partial charge in [-0.05, 0) is 18.4 Å². The minimum atomic E-state index is -3.21. The van der Waals surface area contributed by atoms with E-state index in [1.165, 1.54) is 21.9 Å². The Balaban J connectivity index is 1.55. The quantitative estimate of drug-likeness (QED) is 0.647. The molecular formula is C22H23N3O3S2. The summed E-state index contributed by atoms with van der Waals surface area (Å²) in [6.07, 6.45) is 2.24. The monoisotopic (exact) mass is 441 g/mol. The van der Waals surface area contributed by atoms with Gasteiger partial charge < -0.3 is 5.32 Å². The van der Waals surface area contributed by atoms with Gasteiger partial charge in [0.15, 0.2) is 5.13 Å². The molecule has 1 aromatic heterocycles. The maximum atomic E-state index is 12.8. The molecule has 6 nitrogen and oxygen atoms in total. The predicted molar refractivity (Wildman–Crippen MR) is 121 cm³/mol. The number of piperidine rings is 1. The molecule has 0 atom stereocenters. The summed E-state index contributed by atoms with van der Waals surface area (Å²) in [7, 11) is -3.21. The van der Waals surface area contributed by atoms with Crippen LogP contribution in [0.15, 0.2) is 60.7 Å². The van der Waals surface area contributed by atoms with Gasteiger partial charge in [-0.25, -0.2) is 17.7 Å². The summed E-state index contributed by atoms with van der Waals surface area (Å²) in [6.45, 7) is 0.749. The second-order valence-corrected chi connectivity index (χ2v) is 10.3. The molecule has 0 spiro atoms. The number of nitrogens with zero attached hydrogens (tertiary/aromatic N) is 2. The Morgan fingerprint density at radius 2 is 1.57 bits per heavy atom. The van der Waals surface area contributed by atoms with E-state index in [2.05, 4.69) is 5.32 Å². The SMILES string of the molecule is CS(=O)(=O)N1CCC(C(=O)Nc2nc(-c3ccccc3)c(-c3ccccc3)s2)CC1. The first-order valence-electron chi connectivity index (χ1n) is 9.79. The highest BCUT2D eigenvalue weighted by Crippen LogP contribution is 2.39. The topological polar surface area (TPSA) is 79.4 Å². The van der Waals surface area contributed by atoms with E-state index in [0.29, 0.717) is 31.1 Å². The number of rotatable bonds is 5. The lowest BCUT2D eigenvalue weighted by atomic mass is 9.97. The molecule has 30 heavy (non-hydrogen) atoms. The highest BCUT2D eigenvalue weighted by Gasteiger charge is 2.29. The average Bonchev–Trinajstić information content (AvgIpc) is 3.18. The van der Waals surface area contributed by atoms with E-state index >= 15 is 0 Å². The second kappa shape index (κ2) is 8.67. The summed E-state index contributed by atoms with van der Waals surface area (Å²) < 4.78 is 24.8. The Labute approximate surface area is 180 Å². The molecule has 0 aliphatic carbocycles. The number of sulfonamides is 1. The van der Waals surface area contributed by atoms with Crippen LogP contribution in [0, 0.1) is 5.92 Å². The normalized spacial score (nSPS) is 15.8. The van der Waals surface area contributed by atoms with E-state index in [4.69, 9.17) is 4.98 Å². The fourth-order valence-electron chi connectivity index (χ4n) is 3.61. The van der Waals surface area contributed by atoms with Crippen molar-refractivity contribution < 1.29 is 13.2 Å². The first kappa shape index (κ1) is 20.7. The zero-order valence-corrected chi connectivity index (χ0v) is 18.2. The molecule has 1 saturated heterocycles. The summed E-state index contributed by atoms with van der Waals surface area (Å²) in [4.78, 5) is 18.5. The number of amides is 1. The summed E-state index contributed by atoms with van der Waals surface area (Å²) in [5, 5.41) is 3.52. The number of hydrogen-bond acceptors (Lipinski definition) is 5. The number of anilines is 1. The molecule has 156 valence electrons. The fourth-order valence-corrected chi connectivity index (χ4v) is 5.48. The first-order valence-corrected chi connectivity index (χ1v) is 12.5. The molecule has 2 heterocycles. The van der Waals surface area contributed by atoms with Gasteiger partial charge in [-0.15, -0.1) is 0 Å². The molecule has 0 bridgehead atoms. The van der Waals surface area contributed by atoms with Gasteiger partial charge in [-0.1, -0.05) is 72.0 Å². The van der Waals surface area contributed by atoms with Gasteiger partial charge in [0.1, 0.15) is 0 Å². The first-order chi connectivity index (χ1) is 14.4. The standard InChI is InChI=1S/C22H23N3O3S2/c1-30(27,28)25-14-12-18(13-15-25)21(26)24-22-23-19(16-8-4-2-5-9-16)20(29-22)17-10-6-3-7-11-17/h2-11,18H,12-15H2,1H3,(H,23,24,26). The number of hydrogen-bond donors (Lipinski definition) is 1. The van der Waals surface area contributed by atoms with Crippen molar-refractivity contribution in [2.24, 2.45) is 5.92 Å². The summed E-state index contributed by atoms with van der Waals surface area (Å²) in [5.41, 5.74) is 2.89. The van der Waals surface area contributed by atoms with Crippen LogP contribution in [-0.4, -0.2) is 43.0 Å². The third kappa shape index (κ3) is 4.61. The van der Waals surface area contributed by atoms with Crippen molar-refractivity contribution in [3.63, 3.8) is 0 Å². The Morgan fingerprint density at radius 3 is 2.13 bits per heavy atom. The molecular weight excluding hydrogens is 418 g/mol. The molecule has 4 rings (SSSR count). The van der Waals surface area contributed by atoms with Gasteiger partial charge >= 0.3 is 0 Å². The Bertz CT molecular complexity index is 1060. The summed E-state index contributed by atoms with van der Waals surface area (Å²) >= 11 is 1.46. The molecule has 2 aromatic carbocycles. The number of thiazole rings is 1. The highest BCUT2D eigenvalue weighted by atomic mass is 32.2. The van der Waals surface area contributed by atoms with Crippen molar-refractivity contribution in [2.75, 3.05) is 24.7 Å². The lowest BCUT2D eigenvalue weighted by molar-refractivity contribution is -0.120. The zero-order valence-electron chi connectivity index (χ0n) is 16.6. The van der Waals surface area contributed by atoms with E-state index in [0.717, 1.165) is 21.7 Å². The molecule has 1 fully saturated rings. The molecule has 0 unspecified atom stereocenters. The van der Waals surface area contributed by atoms with Crippen molar-refractivity contribution in [1.82, 2.24) is 9.29 Å². The molecule has 1 amide bonds. The van der Waals surface area contributed by atoms with Gasteiger partial charge in [-0.2, -0.15) is 0 Å². The molecule has 1 aliphatic heterocycles. The van der Waals surface area contributed by atoms with Crippen LogP contribution in [-0.2, 0) is 14.8 Å². The average molecular weight is 442 g/mol. The van der Waals surface area contributed by atoms with E-state index < -0.39 is 10.0 Å².